The number of benzene rings is 1. The monoisotopic (exact) mass is 221 g/mol. The van der Waals surface area contributed by atoms with Crippen LogP contribution in [0.2, 0.25) is 0 Å². The van der Waals surface area contributed by atoms with Crippen LogP contribution in [-0.2, 0) is 4.79 Å². The number of carbonyl (C=O) groups is 1. The maximum Gasteiger partial charge on any atom is 0.262 e. The second-order valence-corrected chi connectivity index (χ2v) is 3.06. The first-order valence-corrected chi connectivity index (χ1v) is 4.51. The summed E-state index contributed by atoms with van der Waals surface area (Å²) in [5.74, 6) is 0.656. The molecule has 1 rings (SSSR count). The highest BCUT2D eigenvalue weighted by molar-refractivity contribution is 6.68. The fraction of sp³-hybridized carbons (Fsp3) is 0.0909. The van der Waals surface area contributed by atoms with Crippen LogP contribution in [0, 0.1) is 11.3 Å². The molecule has 0 unspecified atom stereocenters. The van der Waals surface area contributed by atoms with Gasteiger partial charge in [-0.2, -0.15) is 5.26 Å². The number of nitriles is 1. The van der Waals surface area contributed by atoms with E-state index in [-0.39, 0.29) is 5.57 Å². The van der Waals surface area contributed by atoms with E-state index in [1.54, 1.807) is 37.4 Å². The third kappa shape index (κ3) is 3.12. The summed E-state index contributed by atoms with van der Waals surface area (Å²) in [7, 11) is 1.54. The molecule has 0 aromatic heterocycles. The Labute approximate surface area is 92.5 Å². The lowest BCUT2D eigenvalue weighted by molar-refractivity contribution is -0.108. The molecule has 4 heteroatoms. The predicted molar refractivity (Wildman–Crippen MR) is 57.4 cm³/mol. The van der Waals surface area contributed by atoms with Gasteiger partial charge >= 0.3 is 0 Å². The van der Waals surface area contributed by atoms with Gasteiger partial charge in [0.1, 0.15) is 17.4 Å². The maximum absolute atomic E-state index is 10.8. The zero-order valence-electron chi connectivity index (χ0n) is 8.03. The fourth-order valence-corrected chi connectivity index (χ4v) is 1.13. The van der Waals surface area contributed by atoms with Crippen molar-refractivity contribution < 1.29 is 9.53 Å². The second kappa shape index (κ2) is 5.18. The second-order valence-electron chi connectivity index (χ2n) is 2.72. The zero-order valence-corrected chi connectivity index (χ0v) is 8.78. The summed E-state index contributed by atoms with van der Waals surface area (Å²) in [6, 6.07) is 8.71. The van der Waals surface area contributed by atoms with Crippen LogP contribution >= 0.6 is 11.6 Å². The van der Waals surface area contributed by atoms with Crippen LogP contribution < -0.4 is 4.74 Å². The Morgan fingerprint density at radius 2 is 2.33 bits per heavy atom. The van der Waals surface area contributed by atoms with Crippen molar-refractivity contribution >= 4 is 22.9 Å². The van der Waals surface area contributed by atoms with Gasteiger partial charge in [0.05, 0.1) is 7.11 Å². The minimum absolute atomic E-state index is 0.0927. The molecule has 3 nitrogen and oxygen atoms in total. The average molecular weight is 222 g/mol. The number of halogens is 1. The van der Waals surface area contributed by atoms with E-state index >= 15 is 0 Å². The minimum atomic E-state index is -0.764. The molecule has 0 fully saturated rings. The molecule has 0 saturated carbocycles. The topological polar surface area (TPSA) is 50.1 Å². The molecule has 76 valence electrons. The van der Waals surface area contributed by atoms with Crippen molar-refractivity contribution in [3.05, 3.63) is 35.4 Å². The molecule has 1 aromatic rings. The lowest BCUT2D eigenvalue weighted by Gasteiger charge is -2.00. The van der Waals surface area contributed by atoms with Crippen LogP contribution in [-0.4, -0.2) is 12.4 Å². The Morgan fingerprint density at radius 1 is 1.60 bits per heavy atom. The number of methoxy groups -OCH3 is 1. The SMILES string of the molecule is COc1cccc(C=C(C#N)C(=O)Cl)c1. The third-order valence-electron chi connectivity index (χ3n) is 1.74. The number of allylic oxidation sites excluding steroid dienone is 1. The molecule has 0 N–H and O–H groups in total. The van der Waals surface area contributed by atoms with Crippen molar-refractivity contribution in [2.75, 3.05) is 7.11 Å². The highest BCUT2D eigenvalue weighted by atomic mass is 35.5. The van der Waals surface area contributed by atoms with E-state index in [1.807, 2.05) is 0 Å². The van der Waals surface area contributed by atoms with Crippen LogP contribution in [0.5, 0.6) is 5.75 Å². The van der Waals surface area contributed by atoms with E-state index in [0.717, 1.165) is 0 Å². The van der Waals surface area contributed by atoms with Gasteiger partial charge in [0.25, 0.3) is 5.24 Å². The maximum atomic E-state index is 10.8. The molecule has 0 saturated heterocycles. The Kier molecular flexibility index (Phi) is 3.90. The first kappa shape index (κ1) is 11.3. The quantitative estimate of drug-likeness (QED) is 0.447. The molecule has 0 radical (unpaired) electrons. The molecule has 1 aromatic carbocycles. The Bertz CT molecular complexity index is 446. The van der Waals surface area contributed by atoms with Crippen molar-refractivity contribution in [2.45, 2.75) is 0 Å². The number of carbonyl (C=O) groups excluding carboxylic acids is 1. The summed E-state index contributed by atoms with van der Waals surface area (Å²) in [6.07, 6.45) is 1.41. The van der Waals surface area contributed by atoms with E-state index in [1.165, 1.54) is 6.08 Å². The zero-order chi connectivity index (χ0) is 11.3. The first-order valence-electron chi connectivity index (χ1n) is 4.13. The minimum Gasteiger partial charge on any atom is -0.497 e. The summed E-state index contributed by atoms with van der Waals surface area (Å²) < 4.78 is 5.00. The van der Waals surface area contributed by atoms with Crippen molar-refractivity contribution in [3.63, 3.8) is 0 Å². The molecule has 15 heavy (non-hydrogen) atoms. The average Bonchev–Trinajstić information content (AvgIpc) is 2.25. The lowest BCUT2D eigenvalue weighted by Crippen LogP contribution is -1.90. The standard InChI is InChI=1S/C11H8ClNO2/c1-15-10-4-2-3-8(6-10)5-9(7-13)11(12)14/h2-6H,1H3. The predicted octanol–water partition coefficient (Wildman–Crippen LogP) is 2.37. The summed E-state index contributed by atoms with van der Waals surface area (Å²) in [4.78, 5) is 10.8. The molecule has 0 heterocycles. The number of hydrogen-bond donors (Lipinski definition) is 0. The van der Waals surface area contributed by atoms with Gasteiger partial charge in [-0.05, 0) is 35.4 Å². The molecule has 0 atom stereocenters. The van der Waals surface area contributed by atoms with E-state index < -0.39 is 5.24 Å². The smallest absolute Gasteiger partial charge is 0.262 e. The van der Waals surface area contributed by atoms with Crippen molar-refractivity contribution in [1.82, 2.24) is 0 Å². The molecular formula is C11H8ClNO2. The highest BCUT2D eigenvalue weighted by Crippen LogP contribution is 2.15. The van der Waals surface area contributed by atoms with Crippen LogP contribution in [0.15, 0.2) is 29.8 Å². The van der Waals surface area contributed by atoms with Gasteiger partial charge in [0.2, 0.25) is 0 Å². The molecule has 0 spiro atoms. The summed E-state index contributed by atoms with van der Waals surface area (Å²) >= 11 is 5.21. The van der Waals surface area contributed by atoms with Gasteiger partial charge in [-0.15, -0.1) is 0 Å². The lowest BCUT2D eigenvalue weighted by atomic mass is 10.1. The summed E-state index contributed by atoms with van der Waals surface area (Å²) in [5.41, 5.74) is 0.602. The van der Waals surface area contributed by atoms with E-state index in [4.69, 9.17) is 21.6 Å². The van der Waals surface area contributed by atoms with Crippen LogP contribution in [0.3, 0.4) is 0 Å². The normalized spacial score (nSPS) is 10.6. The van der Waals surface area contributed by atoms with Crippen LogP contribution in [0.1, 0.15) is 5.56 Å². The van der Waals surface area contributed by atoms with Crippen LogP contribution in [0.25, 0.3) is 6.08 Å². The van der Waals surface area contributed by atoms with Gasteiger partial charge in [-0.3, -0.25) is 4.79 Å². The molecule has 0 amide bonds. The number of ether oxygens (including phenoxy) is 1. The first-order chi connectivity index (χ1) is 7.17. The van der Waals surface area contributed by atoms with E-state index in [2.05, 4.69) is 0 Å². The molecule has 0 bridgehead atoms. The molecule has 0 aliphatic rings. The molecule has 0 aliphatic carbocycles. The van der Waals surface area contributed by atoms with Crippen molar-refractivity contribution in [3.8, 4) is 11.8 Å². The fourth-order valence-electron chi connectivity index (χ4n) is 1.03. The summed E-state index contributed by atoms with van der Waals surface area (Å²) in [6.45, 7) is 0. The highest BCUT2D eigenvalue weighted by Gasteiger charge is 2.04. The van der Waals surface area contributed by atoms with Gasteiger partial charge in [0.15, 0.2) is 0 Å². The van der Waals surface area contributed by atoms with Crippen molar-refractivity contribution in [2.24, 2.45) is 0 Å². The third-order valence-corrected chi connectivity index (χ3v) is 1.94. The van der Waals surface area contributed by atoms with Gasteiger partial charge in [0, 0.05) is 0 Å². The number of nitrogens with zero attached hydrogens (tertiary/aromatic N) is 1. The molecular weight excluding hydrogens is 214 g/mol. The Balaban J connectivity index is 3.07. The number of rotatable bonds is 3. The van der Waals surface area contributed by atoms with E-state index in [9.17, 15) is 4.79 Å². The number of hydrogen-bond acceptors (Lipinski definition) is 3. The van der Waals surface area contributed by atoms with Gasteiger partial charge < -0.3 is 4.74 Å². The van der Waals surface area contributed by atoms with Crippen molar-refractivity contribution in [1.29, 1.82) is 5.26 Å². The summed E-state index contributed by atoms with van der Waals surface area (Å²) in [5, 5.41) is 7.87. The molecule has 0 aliphatic heterocycles. The van der Waals surface area contributed by atoms with Crippen LogP contribution in [0.4, 0.5) is 0 Å². The van der Waals surface area contributed by atoms with Gasteiger partial charge in [-0.1, -0.05) is 12.1 Å². The van der Waals surface area contributed by atoms with E-state index in [0.29, 0.717) is 11.3 Å². The largest absolute Gasteiger partial charge is 0.497 e. The Morgan fingerprint density at radius 3 is 2.87 bits per heavy atom. The Hall–Kier alpha value is -1.79. The van der Waals surface area contributed by atoms with Gasteiger partial charge in [-0.25, -0.2) is 0 Å².